The van der Waals surface area contributed by atoms with E-state index in [1.165, 1.54) is 27.4 Å². The van der Waals surface area contributed by atoms with E-state index in [-0.39, 0.29) is 17.3 Å². The normalized spacial score (nSPS) is 10.3. The molecule has 0 aliphatic rings. The van der Waals surface area contributed by atoms with Gasteiger partial charge in [-0.2, -0.15) is 0 Å². The molecule has 0 fully saturated rings. The summed E-state index contributed by atoms with van der Waals surface area (Å²) in [5.74, 6) is 0.149. The highest BCUT2D eigenvalue weighted by Gasteiger charge is 2.23. The predicted octanol–water partition coefficient (Wildman–Crippen LogP) is 4.26. The van der Waals surface area contributed by atoms with Crippen LogP contribution in [0.1, 0.15) is 27.0 Å². The first-order chi connectivity index (χ1) is 15.0. The van der Waals surface area contributed by atoms with Gasteiger partial charge in [-0.25, -0.2) is 9.78 Å². The highest BCUT2D eigenvalue weighted by molar-refractivity contribution is 7.18. The van der Waals surface area contributed by atoms with Crippen LogP contribution in [0.2, 0.25) is 0 Å². The SMILES string of the molecule is CCOC(=O)c1sc(NC(=O)c2cc(OC)c(OC)cc2OC)nc1-c1ccccc1. The number of rotatable bonds is 8. The molecule has 1 N–H and O–H groups in total. The van der Waals surface area contributed by atoms with Crippen LogP contribution < -0.4 is 19.5 Å². The molecule has 0 bridgehead atoms. The smallest absolute Gasteiger partial charge is 0.350 e. The van der Waals surface area contributed by atoms with Crippen LogP contribution in [0.25, 0.3) is 11.3 Å². The number of methoxy groups -OCH3 is 3. The van der Waals surface area contributed by atoms with Gasteiger partial charge in [0.1, 0.15) is 10.6 Å². The summed E-state index contributed by atoms with van der Waals surface area (Å²) in [5, 5.41) is 2.99. The van der Waals surface area contributed by atoms with Crippen molar-refractivity contribution in [3.63, 3.8) is 0 Å². The molecule has 0 radical (unpaired) electrons. The van der Waals surface area contributed by atoms with Crippen LogP contribution >= 0.6 is 11.3 Å². The average molecular weight is 442 g/mol. The Bertz CT molecular complexity index is 1080. The van der Waals surface area contributed by atoms with Gasteiger partial charge < -0.3 is 18.9 Å². The Kier molecular flexibility index (Phi) is 7.09. The number of nitrogens with one attached hydrogen (secondary N) is 1. The van der Waals surface area contributed by atoms with Gasteiger partial charge in [0, 0.05) is 17.7 Å². The molecule has 1 amide bonds. The number of anilines is 1. The van der Waals surface area contributed by atoms with E-state index >= 15 is 0 Å². The van der Waals surface area contributed by atoms with Crippen molar-refractivity contribution < 1.29 is 28.5 Å². The maximum atomic E-state index is 13.0. The van der Waals surface area contributed by atoms with Crippen molar-refractivity contribution >= 4 is 28.3 Å². The number of nitrogens with zero attached hydrogens (tertiary/aromatic N) is 1. The summed E-state index contributed by atoms with van der Waals surface area (Å²) in [6, 6.07) is 12.3. The van der Waals surface area contributed by atoms with E-state index < -0.39 is 11.9 Å². The van der Waals surface area contributed by atoms with Crippen molar-refractivity contribution in [1.82, 2.24) is 4.98 Å². The van der Waals surface area contributed by atoms with Gasteiger partial charge in [-0.1, -0.05) is 41.7 Å². The summed E-state index contributed by atoms with van der Waals surface area (Å²) in [5.41, 5.74) is 1.42. The molecule has 2 aromatic carbocycles. The van der Waals surface area contributed by atoms with Crippen molar-refractivity contribution in [2.24, 2.45) is 0 Å². The van der Waals surface area contributed by atoms with E-state index in [0.717, 1.165) is 16.9 Å². The van der Waals surface area contributed by atoms with Crippen LogP contribution in [0.15, 0.2) is 42.5 Å². The Hall–Kier alpha value is -3.59. The first-order valence-electron chi connectivity index (χ1n) is 9.37. The first-order valence-corrected chi connectivity index (χ1v) is 10.2. The van der Waals surface area contributed by atoms with Gasteiger partial charge in [0.05, 0.1) is 39.2 Å². The Labute approximate surface area is 183 Å². The number of carbonyl (C=O) groups is 2. The molecule has 0 saturated heterocycles. The topological polar surface area (TPSA) is 96.0 Å². The van der Waals surface area contributed by atoms with Gasteiger partial charge in [0.15, 0.2) is 16.6 Å². The molecule has 0 spiro atoms. The summed E-state index contributed by atoms with van der Waals surface area (Å²) in [7, 11) is 4.42. The summed E-state index contributed by atoms with van der Waals surface area (Å²) in [4.78, 5) is 30.2. The number of carbonyl (C=O) groups excluding carboxylic acids is 2. The molecule has 0 aliphatic carbocycles. The first kappa shape index (κ1) is 22.1. The zero-order chi connectivity index (χ0) is 22.4. The largest absolute Gasteiger partial charge is 0.496 e. The van der Waals surface area contributed by atoms with Gasteiger partial charge in [-0.15, -0.1) is 0 Å². The van der Waals surface area contributed by atoms with Crippen molar-refractivity contribution in [3.05, 3.63) is 52.9 Å². The molecular weight excluding hydrogens is 420 g/mol. The lowest BCUT2D eigenvalue weighted by Gasteiger charge is -2.13. The molecule has 31 heavy (non-hydrogen) atoms. The molecule has 3 aromatic rings. The van der Waals surface area contributed by atoms with E-state index in [1.807, 2.05) is 30.3 Å². The summed E-state index contributed by atoms with van der Waals surface area (Å²) < 4.78 is 21.0. The van der Waals surface area contributed by atoms with Crippen LogP contribution in [0.4, 0.5) is 5.13 Å². The lowest BCUT2D eigenvalue weighted by molar-refractivity contribution is 0.0532. The maximum absolute atomic E-state index is 13.0. The fourth-order valence-electron chi connectivity index (χ4n) is 2.87. The van der Waals surface area contributed by atoms with E-state index in [0.29, 0.717) is 27.8 Å². The standard InChI is InChI=1S/C22H22N2O6S/c1-5-30-21(26)19-18(13-9-7-6-8-10-13)23-22(31-19)24-20(25)14-11-16(28-3)17(29-4)12-15(14)27-2/h6-12H,5H2,1-4H3,(H,23,24,25). The molecule has 8 nitrogen and oxygen atoms in total. The average Bonchev–Trinajstić information content (AvgIpc) is 3.22. The minimum Gasteiger partial charge on any atom is -0.496 e. The second-order valence-corrected chi connectivity index (χ2v) is 7.14. The number of benzene rings is 2. The van der Waals surface area contributed by atoms with Gasteiger partial charge in [0.25, 0.3) is 5.91 Å². The molecular formula is C22H22N2O6S. The Morgan fingerprint density at radius 3 is 2.23 bits per heavy atom. The van der Waals surface area contributed by atoms with Crippen molar-refractivity contribution in [1.29, 1.82) is 0 Å². The van der Waals surface area contributed by atoms with Crippen molar-refractivity contribution in [3.8, 4) is 28.5 Å². The summed E-state index contributed by atoms with van der Waals surface area (Å²) >= 11 is 1.04. The van der Waals surface area contributed by atoms with Crippen LogP contribution in [0, 0.1) is 0 Å². The lowest BCUT2D eigenvalue weighted by atomic mass is 10.1. The highest BCUT2D eigenvalue weighted by Crippen LogP contribution is 2.36. The number of esters is 1. The van der Waals surface area contributed by atoms with Gasteiger partial charge in [-0.3, -0.25) is 10.1 Å². The zero-order valence-corrected chi connectivity index (χ0v) is 18.4. The highest BCUT2D eigenvalue weighted by atomic mass is 32.1. The molecule has 9 heteroatoms. The zero-order valence-electron chi connectivity index (χ0n) is 17.6. The van der Waals surface area contributed by atoms with Gasteiger partial charge >= 0.3 is 5.97 Å². The number of hydrogen-bond acceptors (Lipinski definition) is 8. The number of hydrogen-bond donors (Lipinski definition) is 1. The number of thiazole rings is 1. The third kappa shape index (κ3) is 4.77. The molecule has 162 valence electrons. The molecule has 0 atom stereocenters. The Morgan fingerprint density at radius 2 is 1.61 bits per heavy atom. The van der Waals surface area contributed by atoms with Crippen LogP contribution in [-0.2, 0) is 4.74 Å². The Morgan fingerprint density at radius 1 is 0.968 bits per heavy atom. The fraction of sp³-hybridized carbons (Fsp3) is 0.227. The monoisotopic (exact) mass is 442 g/mol. The summed E-state index contributed by atoms with van der Waals surface area (Å²) in [6.45, 7) is 1.96. The van der Waals surface area contributed by atoms with Gasteiger partial charge in [0.2, 0.25) is 0 Å². The molecule has 1 aromatic heterocycles. The molecule has 0 unspecified atom stereocenters. The fourth-order valence-corrected chi connectivity index (χ4v) is 3.75. The second kappa shape index (κ2) is 9.94. The minimum absolute atomic E-state index is 0.231. The van der Waals surface area contributed by atoms with Crippen LogP contribution in [0.3, 0.4) is 0 Å². The third-order valence-corrected chi connectivity index (χ3v) is 5.26. The minimum atomic E-state index is -0.497. The molecule has 3 rings (SSSR count). The lowest BCUT2D eigenvalue weighted by Crippen LogP contribution is -2.13. The van der Waals surface area contributed by atoms with E-state index in [1.54, 1.807) is 13.0 Å². The molecule has 0 saturated carbocycles. The van der Waals surface area contributed by atoms with Crippen LogP contribution in [0.5, 0.6) is 17.2 Å². The molecule has 0 aliphatic heterocycles. The van der Waals surface area contributed by atoms with E-state index in [2.05, 4.69) is 10.3 Å². The Balaban J connectivity index is 1.98. The quantitative estimate of drug-likeness (QED) is 0.521. The number of ether oxygens (including phenoxy) is 4. The van der Waals surface area contributed by atoms with Crippen molar-refractivity contribution in [2.75, 3.05) is 33.3 Å². The van der Waals surface area contributed by atoms with Crippen molar-refractivity contribution in [2.45, 2.75) is 6.92 Å². The van der Waals surface area contributed by atoms with E-state index in [4.69, 9.17) is 18.9 Å². The third-order valence-electron chi connectivity index (χ3n) is 4.31. The second-order valence-electron chi connectivity index (χ2n) is 6.14. The maximum Gasteiger partial charge on any atom is 0.350 e. The van der Waals surface area contributed by atoms with Crippen LogP contribution in [-0.4, -0.2) is 44.8 Å². The predicted molar refractivity (Wildman–Crippen MR) is 118 cm³/mol. The van der Waals surface area contributed by atoms with E-state index in [9.17, 15) is 9.59 Å². The number of amides is 1. The number of aromatic nitrogens is 1. The van der Waals surface area contributed by atoms with Gasteiger partial charge in [-0.05, 0) is 6.92 Å². The molecule has 1 heterocycles. The summed E-state index contributed by atoms with van der Waals surface area (Å²) in [6.07, 6.45) is 0.